The number of alkyl carbamates (subject to hydrolysis) is 1. The van der Waals surface area contributed by atoms with Gasteiger partial charge in [0.05, 0.1) is 13.2 Å². The van der Waals surface area contributed by atoms with E-state index in [0.29, 0.717) is 13.2 Å². The predicted octanol–water partition coefficient (Wildman–Crippen LogP) is 3.91. The first-order valence-electron chi connectivity index (χ1n) is 8.28. The lowest BCUT2D eigenvalue weighted by Gasteiger charge is -2.29. The molecule has 1 atom stereocenters. The standard InChI is InChI=1S/C17H33NO4/c1-7-8-9-10-11-21-15(19)14(17(4,5)6)18-16(20)22-12-13(2)3/h13-14H,7-12H2,1-6H3,(H,18,20). The lowest BCUT2D eigenvalue weighted by Crippen LogP contribution is -2.50. The van der Waals surface area contributed by atoms with Crippen LogP contribution in [0.2, 0.25) is 0 Å². The average molecular weight is 315 g/mol. The van der Waals surface area contributed by atoms with E-state index in [0.717, 1.165) is 25.7 Å². The molecule has 0 saturated carbocycles. The molecule has 0 bridgehead atoms. The summed E-state index contributed by atoms with van der Waals surface area (Å²) in [4.78, 5) is 24.0. The van der Waals surface area contributed by atoms with Crippen molar-refractivity contribution in [2.45, 2.75) is 73.3 Å². The number of rotatable bonds is 9. The molecule has 5 heteroatoms. The summed E-state index contributed by atoms with van der Waals surface area (Å²) in [6.07, 6.45) is 3.61. The quantitative estimate of drug-likeness (QED) is 0.517. The highest BCUT2D eigenvalue weighted by atomic mass is 16.6. The normalized spacial score (nSPS) is 12.9. The molecule has 0 aliphatic carbocycles. The Morgan fingerprint density at radius 2 is 1.68 bits per heavy atom. The highest BCUT2D eigenvalue weighted by molar-refractivity contribution is 5.82. The number of esters is 1. The number of amides is 1. The molecule has 1 unspecified atom stereocenters. The minimum Gasteiger partial charge on any atom is -0.464 e. The van der Waals surface area contributed by atoms with E-state index in [4.69, 9.17) is 9.47 Å². The molecule has 130 valence electrons. The molecule has 1 N–H and O–H groups in total. The Labute approximate surface area is 135 Å². The molecule has 0 heterocycles. The van der Waals surface area contributed by atoms with Crippen molar-refractivity contribution in [1.82, 2.24) is 5.32 Å². The van der Waals surface area contributed by atoms with Crippen molar-refractivity contribution in [1.29, 1.82) is 0 Å². The maximum absolute atomic E-state index is 12.2. The molecule has 0 aromatic carbocycles. The molecule has 0 aliphatic rings. The second-order valence-electron chi connectivity index (χ2n) is 7.16. The molecule has 0 fully saturated rings. The summed E-state index contributed by atoms with van der Waals surface area (Å²) < 4.78 is 10.4. The lowest BCUT2D eigenvalue weighted by atomic mass is 9.87. The first-order valence-corrected chi connectivity index (χ1v) is 8.28. The van der Waals surface area contributed by atoms with Crippen LogP contribution in [0.5, 0.6) is 0 Å². The minimum absolute atomic E-state index is 0.254. The molecule has 0 radical (unpaired) electrons. The van der Waals surface area contributed by atoms with E-state index < -0.39 is 23.5 Å². The van der Waals surface area contributed by atoms with Gasteiger partial charge in [-0.25, -0.2) is 9.59 Å². The second kappa shape index (κ2) is 10.5. The van der Waals surface area contributed by atoms with E-state index in [9.17, 15) is 9.59 Å². The summed E-state index contributed by atoms with van der Waals surface area (Å²) in [6.45, 7) is 12.4. The average Bonchev–Trinajstić information content (AvgIpc) is 2.40. The molecule has 0 rings (SSSR count). The largest absolute Gasteiger partial charge is 0.464 e. The molecule has 0 aromatic rings. The van der Waals surface area contributed by atoms with Crippen LogP contribution in [0.25, 0.3) is 0 Å². The van der Waals surface area contributed by atoms with E-state index >= 15 is 0 Å². The minimum atomic E-state index is -0.710. The molecule has 5 nitrogen and oxygen atoms in total. The Morgan fingerprint density at radius 1 is 1.05 bits per heavy atom. The molecule has 0 saturated heterocycles. The maximum Gasteiger partial charge on any atom is 0.407 e. The number of nitrogens with one attached hydrogen (secondary N) is 1. The molecular formula is C17H33NO4. The van der Waals surface area contributed by atoms with Gasteiger partial charge in [0.25, 0.3) is 0 Å². The lowest BCUT2D eigenvalue weighted by molar-refractivity contribution is -0.149. The third-order valence-electron chi connectivity index (χ3n) is 3.15. The molecule has 22 heavy (non-hydrogen) atoms. The second-order valence-corrected chi connectivity index (χ2v) is 7.16. The van der Waals surface area contributed by atoms with Gasteiger partial charge >= 0.3 is 12.1 Å². The van der Waals surface area contributed by atoms with Crippen molar-refractivity contribution >= 4 is 12.1 Å². The summed E-state index contributed by atoms with van der Waals surface area (Å²) in [5.41, 5.74) is -0.433. The van der Waals surface area contributed by atoms with Gasteiger partial charge in [0.15, 0.2) is 0 Å². The summed E-state index contributed by atoms with van der Waals surface area (Å²) >= 11 is 0. The van der Waals surface area contributed by atoms with E-state index in [1.165, 1.54) is 0 Å². The Hall–Kier alpha value is -1.26. The summed E-state index contributed by atoms with van der Waals surface area (Å²) in [6, 6.07) is -0.710. The van der Waals surface area contributed by atoms with Crippen LogP contribution in [0, 0.1) is 11.3 Å². The van der Waals surface area contributed by atoms with Crippen molar-refractivity contribution in [2.75, 3.05) is 13.2 Å². The summed E-state index contributed by atoms with van der Waals surface area (Å²) in [5.74, 6) is -0.144. The third-order valence-corrected chi connectivity index (χ3v) is 3.15. The van der Waals surface area contributed by atoms with Crippen molar-refractivity contribution in [3.05, 3.63) is 0 Å². The zero-order valence-corrected chi connectivity index (χ0v) is 15.0. The zero-order valence-electron chi connectivity index (χ0n) is 15.0. The van der Waals surface area contributed by atoms with Crippen molar-refractivity contribution < 1.29 is 19.1 Å². The highest BCUT2D eigenvalue weighted by Gasteiger charge is 2.34. The van der Waals surface area contributed by atoms with Gasteiger partial charge in [-0.2, -0.15) is 0 Å². The Morgan fingerprint density at radius 3 is 2.18 bits per heavy atom. The van der Waals surface area contributed by atoms with E-state index in [1.807, 2.05) is 34.6 Å². The molecule has 0 aromatic heterocycles. The fourth-order valence-electron chi connectivity index (χ4n) is 1.82. The van der Waals surface area contributed by atoms with Crippen LogP contribution in [-0.4, -0.2) is 31.3 Å². The van der Waals surface area contributed by atoms with E-state index in [2.05, 4.69) is 12.2 Å². The zero-order chi connectivity index (χ0) is 17.2. The van der Waals surface area contributed by atoms with Gasteiger partial charge < -0.3 is 14.8 Å². The number of carbonyl (C=O) groups excluding carboxylic acids is 2. The van der Waals surface area contributed by atoms with E-state index in [-0.39, 0.29) is 5.92 Å². The van der Waals surface area contributed by atoms with Crippen molar-refractivity contribution in [3.8, 4) is 0 Å². The SMILES string of the molecule is CCCCCCOC(=O)C(NC(=O)OCC(C)C)C(C)(C)C. The highest BCUT2D eigenvalue weighted by Crippen LogP contribution is 2.21. The third kappa shape index (κ3) is 9.64. The topological polar surface area (TPSA) is 64.6 Å². The molecule has 0 spiro atoms. The van der Waals surface area contributed by atoms with Crippen LogP contribution in [0.15, 0.2) is 0 Å². The van der Waals surface area contributed by atoms with Crippen LogP contribution < -0.4 is 5.32 Å². The Bertz CT molecular complexity index is 334. The first kappa shape index (κ1) is 20.7. The van der Waals surface area contributed by atoms with E-state index in [1.54, 1.807) is 0 Å². The molecule has 0 aliphatic heterocycles. The van der Waals surface area contributed by atoms with Crippen molar-refractivity contribution in [3.63, 3.8) is 0 Å². The van der Waals surface area contributed by atoms with Gasteiger partial charge in [-0.15, -0.1) is 0 Å². The first-order chi connectivity index (χ1) is 10.2. The van der Waals surface area contributed by atoms with Crippen LogP contribution in [-0.2, 0) is 14.3 Å². The molecular weight excluding hydrogens is 282 g/mol. The van der Waals surface area contributed by atoms with Gasteiger partial charge in [-0.1, -0.05) is 60.8 Å². The van der Waals surface area contributed by atoms with Gasteiger partial charge in [-0.3, -0.25) is 0 Å². The number of carbonyl (C=O) groups is 2. The fraction of sp³-hybridized carbons (Fsp3) is 0.882. The number of hydrogen-bond donors (Lipinski definition) is 1. The summed E-state index contributed by atoms with van der Waals surface area (Å²) in [5, 5.41) is 2.63. The molecule has 1 amide bonds. The van der Waals surface area contributed by atoms with Gasteiger partial charge in [0.2, 0.25) is 0 Å². The van der Waals surface area contributed by atoms with Crippen LogP contribution in [0.1, 0.15) is 67.2 Å². The van der Waals surface area contributed by atoms with Gasteiger partial charge in [0, 0.05) is 0 Å². The van der Waals surface area contributed by atoms with Crippen LogP contribution in [0.4, 0.5) is 4.79 Å². The Balaban J connectivity index is 4.39. The summed E-state index contributed by atoms with van der Waals surface area (Å²) in [7, 11) is 0. The van der Waals surface area contributed by atoms with Crippen molar-refractivity contribution in [2.24, 2.45) is 11.3 Å². The number of ether oxygens (including phenoxy) is 2. The monoisotopic (exact) mass is 315 g/mol. The smallest absolute Gasteiger partial charge is 0.407 e. The maximum atomic E-state index is 12.2. The predicted molar refractivity (Wildman–Crippen MR) is 87.7 cm³/mol. The van der Waals surface area contributed by atoms with Crippen LogP contribution >= 0.6 is 0 Å². The number of hydrogen-bond acceptors (Lipinski definition) is 4. The fourth-order valence-corrected chi connectivity index (χ4v) is 1.82. The number of unbranched alkanes of at least 4 members (excludes halogenated alkanes) is 3. The van der Waals surface area contributed by atoms with Crippen LogP contribution in [0.3, 0.4) is 0 Å². The van der Waals surface area contributed by atoms with Gasteiger partial charge in [-0.05, 0) is 17.8 Å². The Kier molecular flexibility index (Phi) is 9.86. The van der Waals surface area contributed by atoms with Gasteiger partial charge in [0.1, 0.15) is 6.04 Å².